The SMILES string of the molecule is CCCC1CC(NC(C)CCC(C)C)CCO1. The smallest absolute Gasteiger partial charge is 0.0589 e. The summed E-state index contributed by atoms with van der Waals surface area (Å²) in [7, 11) is 0. The van der Waals surface area contributed by atoms with E-state index in [9.17, 15) is 0 Å². The van der Waals surface area contributed by atoms with Crippen molar-refractivity contribution in [2.75, 3.05) is 6.61 Å². The summed E-state index contributed by atoms with van der Waals surface area (Å²) in [5.41, 5.74) is 0. The zero-order chi connectivity index (χ0) is 12.7. The van der Waals surface area contributed by atoms with Gasteiger partial charge in [0, 0.05) is 18.7 Å². The van der Waals surface area contributed by atoms with Crippen LogP contribution < -0.4 is 5.32 Å². The molecule has 0 aromatic heterocycles. The van der Waals surface area contributed by atoms with E-state index >= 15 is 0 Å². The highest BCUT2D eigenvalue weighted by Crippen LogP contribution is 2.19. The van der Waals surface area contributed by atoms with Gasteiger partial charge < -0.3 is 10.1 Å². The number of ether oxygens (including phenoxy) is 1. The predicted molar refractivity (Wildman–Crippen MR) is 74.3 cm³/mol. The highest BCUT2D eigenvalue weighted by atomic mass is 16.5. The Labute approximate surface area is 108 Å². The number of nitrogens with one attached hydrogen (secondary N) is 1. The van der Waals surface area contributed by atoms with Crippen LogP contribution in [0.5, 0.6) is 0 Å². The average molecular weight is 241 g/mol. The van der Waals surface area contributed by atoms with Crippen LogP contribution in [0.4, 0.5) is 0 Å². The lowest BCUT2D eigenvalue weighted by atomic mass is 9.98. The first-order chi connectivity index (χ1) is 8.11. The van der Waals surface area contributed by atoms with Crippen LogP contribution in [0.3, 0.4) is 0 Å². The van der Waals surface area contributed by atoms with Gasteiger partial charge in [0.1, 0.15) is 0 Å². The fourth-order valence-corrected chi connectivity index (χ4v) is 2.62. The van der Waals surface area contributed by atoms with Gasteiger partial charge >= 0.3 is 0 Å². The van der Waals surface area contributed by atoms with Crippen LogP contribution >= 0.6 is 0 Å². The van der Waals surface area contributed by atoms with Crippen molar-refractivity contribution in [1.82, 2.24) is 5.32 Å². The highest BCUT2D eigenvalue weighted by Gasteiger charge is 2.22. The first-order valence-corrected chi connectivity index (χ1v) is 7.49. The summed E-state index contributed by atoms with van der Waals surface area (Å²) in [4.78, 5) is 0. The Kier molecular flexibility index (Phi) is 7.14. The molecular weight excluding hydrogens is 210 g/mol. The van der Waals surface area contributed by atoms with Crippen molar-refractivity contribution in [3.63, 3.8) is 0 Å². The predicted octanol–water partition coefficient (Wildman–Crippen LogP) is 3.75. The van der Waals surface area contributed by atoms with Crippen LogP contribution in [0, 0.1) is 5.92 Å². The Morgan fingerprint density at radius 2 is 2.00 bits per heavy atom. The molecule has 0 amide bonds. The molecule has 1 aliphatic rings. The zero-order valence-electron chi connectivity index (χ0n) is 12.2. The Hall–Kier alpha value is -0.0800. The molecule has 0 radical (unpaired) electrons. The Balaban J connectivity index is 2.20. The fraction of sp³-hybridized carbons (Fsp3) is 1.00. The van der Waals surface area contributed by atoms with E-state index in [1.54, 1.807) is 0 Å². The third-order valence-electron chi connectivity index (χ3n) is 3.68. The molecule has 1 saturated heterocycles. The lowest BCUT2D eigenvalue weighted by Crippen LogP contribution is -2.43. The van der Waals surface area contributed by atoms with E-state index in [0.717, 1.165) is 12.5 Å². The van der Waals surface area contributed by atoms with Gasteiger partial charge in [-0.1, -0.05) is 27.2 Å². The highest BCUT2D eigenvalue weighted by molar-refractivity contribution is 4.79. The molecule has 1 rings (SSSR count). The number of rotatable bonds is 7. The lowest BCUT2D eigenvalue weighted by molar-refractivity contribution is -0.00489. The summed E-state index contributed by atoms with van der Waals surface area (Å²) in [6, 6.07) is 1.34. The lowest BCUT2D eigenvalue weighted by Gasteiger charge is -2.32. The van der Waals surface area contributed by atoms with E-state index in [2.05, 4.69) is 33.0 Å². The van der Waals surface area contributed by atoms with E-state index in [4.69, 9.17) is 4.74 Å². The van der Waals surface area contributed by atoms with Crippen molar-refractivity contribution in [1.29, 1.82) is 0 Å². The van der Waals surface area contributed by atoms with Gasteiger partial charge in [0.25, 0.3) is 0 Å². The quantitative estimate of drug-likeness (QED) is 0.733. The van der Waals surface area contributed by atoms with Crippen molar-refractivity contribution >= 4 is 0 Å². The van der Waals surface area contributed by atoms with E-state index in [1.807, 2.05) is 0 Å². The van der Waals surface area contributed by atoms with Gasteiger partial charge in [-0.05, 0) is 44.9 Å². The van der Waals surface area contributed by atoms with Crippen LogP contribution in [0.2, 0.25) is 0 Å². The molecular formula is C15H31NO. The number of hydrogen-bond acceptors (Lipinski definition) is 2. The second-order valence-electron chi connectivity index (χ2n) is 6.04. The van der Waals surface area contributed by atoms with Crippen LogP contribution in [0.1, 0.15) is 66.2 Å². The molecule has 1 heterocycles. The molecule has 0 aromatic carbocycles. The molecule has 2 nitrogen and oxygen atoms in total. The summed E-state index contributed by atoms with van der Waals surface area (Å²) in [5.74, 6) is 0.821. The van der Waals surface area contributed by atoms with Crippen molar-refractivity contribution in [2.45, 2.75) is 84.4 Å². The fourth-order valence-electron chi connectivity index (χ4n) is 2.62. The van der Waals surface area contributed by atoms with Crippen molar-refractivity contribution in [3.8, 4) is 0 Å². The third kappa shape index (κ3) is 6.42. The third-order valence-corrected chi connectivity index (χ3v) is 3.68. The molecule has 2 heteroatoms. The summed E-state index contributed by atoms with van der Waals surface area (Å²) < 4.78 is 5.79. The first-order valence-electron chi connectivity index (χ1n) is 7.49. The molecule has 0 aromatic rings. The number of hydrogen-bond donors (Lipinski definition) is 1. The molecule has 17 heavy (non-hydrogen) atoms. The molecule has 3 atom stereocenters. The summed E-state index contributed by atoms with van der Waals surface area (Å²) in [5, 5.41) is 3.78. The molecule has 1 aliphatic heterocycles. The average Bonchev–Trinajstić information content (AvgIpc) is 2.27. The van der Waals surface area contributed by atoms with Gasteiger partial charge in [-0.15, -0.1) is 0 Å². The largest absolute Gasteiger partial charge is 0.378 e. The van der Waals surface area contributed by atoms with E-state index in [1.165, 1.54) is 38.5 Å². The monoisotopic (exact) mass is 241 g/mol. The van der Waals surface area contributed by atoms with Crippen LogP contribution in [-0.2, 0) is 4.74 Å². The van der Waals surface area contributed by atoms with Crippen LogP contribution in [-0.4, -0.2) is 24.8 Å². The summed E-state index contributed by atoms with van der Waals surface area (Å²) >= 11 is 0. The normalized spacial score (nSPS) is 27.4. The first kappa shape index (κ1) is 15.0. The van der Waals surface area contributed by atoms with Crippen molar-refractivity contribution < 1.29 is 4.74 Å². The van der Waals surface area contributed by atoms with Gasteiger partial charge in [-0.3, -0.25) is 0 Å². The second-order valence-corrected chi connectivity index (χ2v) is 6.04. The molecule has 102 valence electrons. The van der Waals surface area contributed by atoms with Crippen molar-refractivity contribution in [2.24, 2.45) is 5.92 Å². The molecule has 3 unspecified atom stereocenters. The minimum Gasteiger partial charge on any atom is -0.378 e. The molecule has 1 N–H and O–H groups in total. The maximum Gasteiger partial charge on any atom is 0.0589 e. The summed E-state index contributed by atoms with van der Waals surface area (Å²) in [6.45, 7) is 10.1. The Morgan fingerprint density at radius 3 is 2.65 bits per heavy atom. The Bertz CT molecular complexity index is 191. The Morgan fingerprint density at radius 1 is 1.24 bits per heavy atom. The van der Waals surface area contributed by atoms with Crippen LogP contribution in [0.25, 0.3) is 0 Å². The molecule has 0 saturated carbocycles. The molecule has 0 bridgehead atoms. The van der Waals surface area contributed by atoms with Gasteiger partial charge in [0.2, 0.25) is 0 Å². The molecule has 1 fully saturated rings. The summed E-state index contributed by atoms with van der Waals surface area (Å²) in [6.07, 6.45) is 7.98. The van der Waals surface area contributed by atoms with E-state index < -0.39 is 0 Å². The standard InChI is InChI=1S/C15H31NO/c1-5-6-15-11-14(9-10-17-15)16-13(4)8-7-12(2)3/h12-16H,5-11H2,1-4H3. The second kappa shape index (κ2) is 8.10. The maximum absolute atomic E-state index is 5.79. The topological polar surface area (TPSA) is 21.3 Å². The maximum atomic E-state index is 5.79. The van der Waals surface area contributed by atoms with E-state index in [0.29, 0.717) is 18.2 Å². The minimum atomic E-state index is 0.503. The zero-order valence-corrected chi connectivity index (χ0v) is 12.2. The van der Waals surface area contributed by atoms with E-state index in [-0.39, 0.29) is 0 Å². The minimum absolute atomic E-state index is 0.503. The van der Waals surface area contributed by atoms with Crippen molar-refractivity contribution in [3.05, 3.63) is 0 Å². The van der Waals surface area contributed by atoms with Crippen LogP contribution in [0.15, 0.2) is 0 Å². The van der Waals surface area contributed by atoms with Gasteiger partial charge in [-0.2, -0.15) is 0 Å². The molecule has 0 aliphatic carbocycles. The molecule has 0 spiro atoms. The van der Waals surface area contributed by atoms with Gasteiger partial charge in [0.05, 0.1) is 6.10 Å². The van der Waals surface area contributed by atoms with Gasteiger partial charge in [-0.25, -0.2) is 0 Å². The van der Waals surface area contributed by atoms with Gasteiger partial charge in [0.15, 0.2) is 0 Å².